The number of unbranched alkanes of at least 4 members (excludes halogenated alkanes) is 2. The number of hydrogen-bond acceptors (Lipinski definition) is 6. The third-order valence-corrected chi connectivity index (χ3v) is 6.13. The van der Waals surface area contributed by atoms with Crippen LogP contribution in [0.4, 0.5) is 5.82 Å². The summed E-state index contributed by atoms with van der Waals surface area (Å²) in [4.78, 5) is 23.5. The Morgan fingerprint density at radius 2 is 1.83 bits per heavy atom. The summed E-state index contributed by atoms with van der Waals surface area (Å²) in [6, 6.07) is 21.1. The van der Waals surface area contributed by atoms with E-state index in [-0.39, 0.29) is 12.0 Å². The minimum absolute atomic E-state index is 0.130. The number of aromatic amines is 1. The van der Waals surface area contributed by atoms with E-state index in [1.807, 2.05) is 18.2 Å². The van der Waals surface area contributed by atoms with E-state index < -0.39 is 0 Å². The fraction of sp³-hybridized carbons (Fsp3) is 0.321. The molecule has 2 heterocycles. The van der Waals surface area contributed by atoms with Gasteiger partial charge in [0, 0.05) is 24.7 Å². The third kappa shape index (κ3) is 6.67. The molecule has 0 aliphatic heterocycles. The predicted molar refractivity (Wildman–Crippen MR) is 140 cm³/mol. The molecule has 7 nitrogen and oxygen atoms in total. The highest BCUT2D eigenvalue weighted by Crippen LogP contribution is 2.29. The molecule has 2 aromatic heterocycles. The Morgan fingerprint density at radius 1 is 1.03 bits per heavy atom. The van der Waals surface area contributed by atoms with E-state index in [0.29, 0.717) is 6.42 Å². The number of methoxy groups -OCH3 is 1. The number of hydrogen-bond donors (Lipinski definition) is 3. The van der Waals surface area contributed by atoms with Gasteiger partial charge in [0.25, 0.3) is 0 Å². The lowest BCUT2D eigenvalue weighted by Gasteiger charge is -2.15. The van der Waals surface area contributed by atoms with Crippen LogP contribution in [0.5, 0.6) is 0 Å². The van der Waals surface area contributed by atoms with Crippen molar-refractivity contribution in [2.24, 2.45) is 0 Å². The first-order chi connectivity index (χ1) is 17.1. The summed E-state index contributed by atoms with van der Waals surface area (Å²) in [6.07, 6.45) is 5.03. The summed E-state index contributed by atoms with van der Waals surface area (Å²) in [5.74, 6) is 0.690. The Kier molecular flexibility index (Phi) is 8.46. The van der Waals surface area contributed by atoms with Crippen molar-refractivity contribution in [2.45, 2.75) is 45.2 Å². The zero-order valence-electron chi connectivity index (χ0n) is 20.4. The first kappa shape index (κ1) is 24.4. The molecular formula is C28H33N5O2. The van der Waals surface area contributed by atoms with Gasteiger partial charge in [0.05, 0.1) is 12.5 Å². The van der Waals surface area contributed by atoms with Crippen molar-refractivity contribution in [3.8, 4) is 11.3 Å². The van der Waals surface area contributed by atoms with Crippen LogP contribution in [-0.4, -0.2) is 34.6 Å². The van der Waals surface area contributed by atoms with Crippen LogP contribution in [0.2, 0.25) is 0 Å². The highest BCUT2D eigenvalue weighted by Gasteiger charge is 2.12. The molecule has 4 rings (SSSR count). The summed E-state index contributed by atoms with van der Waals surface area (Å²) in [5, 5.41) is 7.97. The monoisotopic (exact) mass is 471 g/mol. The molecular weight excluding hydrogens is 438 g/mol. The maximum Gasteiger partial charge on any atom is 0.305 e. The van der Waals surface area contributed by atoms with Crippen LogP contribution < -0.4 is 10.6 Å². The van der Waals surface area contributed by atoms with Gasteiger partial charge in [-0.1, -0.05) is 61.0 Å². The number of H-pyrrole nitrogens is 1. The number of aromatic nitrogens is 3. The standard InChI is InChI=1S/C28H33N5O2/c1-20(22-9-5-3-6-10-22)32-27-24-17-25(33-28(24)31-19-30-27)23-14-12-21(13-15-23)18-29-16-8-4-7-11-26(34)35-2/h3,5-6,9-10,12-15,17,19-20,29H,4,7-8,11,16,18H2,1-2H3,(H2,30,31,32,33). The Balaban J connectivity index is 1.33. The van der Waals surface area contributed by atoms with E-state index in [1.165, 1.54) is 18.2 Å². The minimum atomic E-state index is -0.130. The first-order valence-electron chi connectivity index (χ1n) is 12.2. The van der Waals surface area contributed by atoms with Crippen molar-refractivity contribution >= 4 is 22.8 Å². The van der Waals surface area contributed by atoms with Crippen LogP contribution in [0.25, 0.3) is 22.3 Å². The van der Waals surface area contributed by atoms with E-state index in [1.54, 1.807) is 6.33 Å². The minimum Gasteiger partial charge on any atom is -0.469 e. The zero-order chi connectivity index (χ0) is 24.5. The summed E-state index contributed by atoms with van der Waals surface area (Å²) in [6.45, 7) is 3.88. The van der Waals surface area contributed by atoms with Crippen LogP contribution in [0, 0.1) is 0 Å². The number of ether oxygens (including phenoxy) is 1. The SMILES string of the molecule is COC(=O)CCCCCNCc1ccc(-c2cc3c(NC(C)c4ccccc4)ncnc3[nH]2)cc1. The van der Waals surface area contributed by atoms with Crippen molar-refractivity contribution in [1.82, 2.24) is 20.3 Å². The average molecular weight is 472 g/mol. The molecule has 0 spiro atoms. The van der Waals surface area contributed by atoms with Gasteiger partial charge >= 0.3 is 5.97 Å². The second-order valence-electron chi connectivity index (χ2n) is 8.70. The van der Waals surface area contributed by atoms with Crippen molar-refractivity contribution in [3.05, 3.63) is 78.1 Å². The number of fused-ring (bicyclic) bond motifs is 1. The Hall–Kier alpha value is -3.71. The van der Waals surface area contributed by atoms with Crippen LogP contribution in [0.3, 0.4) is 0 Å². The van der Waals surface area contributed by atoms with Gasteiger partial charge in [-0.2, -0.15) is 0 Å². The van der Waals surface area contributed by atoms with E-state index in [0.717, 1.165) is 60.5 Å². The molecule has 182 valence electrons. The molecule has 0 aliphatic rings. The molecule has 7 heteroatoms. The highest BCUT2D eigenvalue weighted by atomic mass is 16.5. The lowest BCUT2D eigenvalue weighted by molar-refractivity contribution is -0.140. The summed E-state index contributed by atoms with van der Waals surface area (Å²) < 4.78 is 4.67. The molecule has 0 bridgehead atoms. The van der Waals surface area contributed by atoms with Gasteiger partial charge in [0.2, 0.25) is 0 Å². The highest BCUT2D eigenvalue weighted by molar-refractivity contribution is 5.91. The van der Waals surface area contributed by atoms with Gasteiger partial charge in [0.1, 0.15) is 17.8 Å². The van der Waals surface area contributed by atoms with Gasteiger partial charge in [-0.15, -0.1) is 0 Å². The van der Waals surface area contributed by atoms with Crippen LogP contribution in [-0.2, 0) is 16.1 Å². The van der Waals surface area contributed by atoms with Gasteiger partial charge < -0.3 is 20.4 Å². The largest absolute Gasteiger partial charge is 0.469 e. The van der Waals surface area contributed by atoms with E-state index in [4.69, 9.17) is 0 Å². The molecule has 0 aliphatic carbocycles. The summed E-state index contributed by atoms with van der Waals surface area (Å²) in [5.41, 5.74) is 5.38. The van der Waals surface area contributed by atoms with Crippen LogP contribution in [0.15, 0.2) is 67.0 Å². The van der Waals surface area contributed by atoms with E-state index >= 15 is 0 Å². The topological polar surface area (TPSA) is 91.9 Å². The van der Waals surface area contributed by atoms with Crippen molar-refractivity contribution in [1.29, 1.82) is 0 Å². The number of nitrogens with one attached hydrogen (secondary N) is 3. The number of carbonyl (C=O) groups is 1. The average Bonchev–Trinajstić information content (AvgIpc) is 3.34. The number of nitrogens with zero attached hydrogens (tertiary/aromatic N) is 2. The zero-order valence-corrected chi connectivity index (χ0v) is 20.4. The quantitative estimate of drug-likeness (QED) is 0.183. The molecule has 3 N–H and O–H groups in total. The molecule has 0 saturated heterocycles. The smallest absolute Gasteiger partial charge is 0.305 e. The number of carbonyl (C=O) groups excluding carboxylic acids is 1. The van der Waals surface area contributed by atoms with Gasteiger partial charge in [-0.05, 0) is 49.1 Å². The second kappa shape index (κ2) is 12.1. The molecule has 2 aromatic carbocycles. The van der Waals surface area contributed by atoms with E-state index in [2.05, 4.69) is 79.7 Å². The summed E-state index contributed by atoms with van der Waals surface area (Å²) in [7, 11) is 1.43. The molecule has 0 fully saturated rings. The number of benzene rings is 2. The van der Waals surface area contributed by atoms with Crippen molar-refractivity contribution in [3.63, 3.8) is 0 Å². The molecule has 4 aromatic rings. The molecule has 0 saturated carbocycles. The Bertz CT molecular complexity index is 1220. The molecule has 1 atom stereocenters. The maximum absolute atomic E-state index is 11.1. The number of esters is 1. The van der Waals surface area contributed by atoms with Crippen molar-refractivity contribution < 1.29 is 9.53 Å². The Morgan fingerprint density at radius 3 is 2.60 bits per heavy atom. The number of anilines is 1. The molecule has 35 heavy (non-hydrogen) atoms. The van der Waals surface area contributed by atoms with Gasteiger partial charge in [-0.3, -0.25) is 4.79 Å². The predicted octanol–water partition coefficient (Wildman–Crippen LogP) is 5.62. The second-order valence-corrected chi connectivity index (χ2v) is 8.70. The Labute approximate surface area is 206 Å². The molecule has 0 amide bonds. The van der Waals surface area contributed by atoms with Gasteiger partial charge in [0.15, 0.2) is 0 Å². The van der Waals surface area contributed by atoms with E-state index in [9.17, 15) is 4.79 Å². The normalized spacial score (nSPS) is 11.9. The van der Waals surface area contributed by atoms with Crippen molar-refractivity contribution in [2.75, 3.05) is 19.0 Å². The third-order valence-electron chi connectivity index (χ3n) is 6.13. The first-order valence-corrected chi connectivity index (χ1v) is 12.2. The number of rotatable bonds is 12. The molecule has 0 radical (unpaired) electrons. The van der Waals surface area contributed by atoms with Gasteiger partial charge in [-0.25, -0.2) is 9.97 Å². The fourth-order valence-corrected chi connectivity index (χ4v) is 4.07. The molecule has 1 unspecified atom stereocenters. The van der Waals surface area contributed by atoms with Crippen LogP contribution in [0.1, 0.15) is 49.8 Å². The fourth-order valence-electron chi connectivity index (χ4n) is 4.07. The lowest BCUT2D eigenvalue weighted by Crippen LogP contribution is -2.14. The lowest BCUT2D eigenvalue weighted by atomic mass is 10.1. The van der Waals surface area contributed by atoms with Crippen LogP contribution >= 0.6 is 0 Å². The maximum atomic E-state index is 11.1. The summed E-state index contributed by atoms with van der Waals surface area (Å²) >= 11 is 0.